The molecule has 4 aromatic rings. The molecule has 0 bridgehead atoms. The van der Waals surface area contributed by atoms with Gasteiger partial charge in [-0.25, -0.2) is 9.37 Å². The zero-order valence-corrected chi connectivity index (χ0v) is 19.7. The summed E-state index contributed by atoms with van der Waals surface area (Å²) < 4.78 is 25.9. The van der Waals surface area contributed by atoms with E-state index < -0.39 is 0 Å². The molecule has 0 amide bonds. The number of nitriles is 2. The highest BCUT2D eigenvalue weighted by atomic mass is 79.9. The molecule has 0 radical (unpaired) electrons. The van der Waals surface area contributed by atoms with Gasteiger partial charge in [0.25, 0.3) is 0 Å². The van der Waals surface area contributed by atoms with Gasteiger partial charge in [0.15, 0.2) is 11.5 Å². The van der Waals surface area contributed by atoms with E-state index >= 15 is 0 Å². The van der Waals surface area contributed by atoms with Crippen molar-refractivity contribution in [1.29, 1.82) is 10.5 Å². The lowest BCUT2D eigenvalue weighted by atomic mass is 10.1. The number of aromatic nitrogens is 2. The smallest absolute Gasteiger partial charge is 0.175 e. The van der Waals surface area contributed by atoms with Gasteiger partial charge in [0.2, 0.25) is 0 Å². The Hall–Kier alpha value is -4.14. The number of hydrogen-bond acceptors (Lipinski definition) is 5. The van der Waals surface area contributed by atoms with Crippen LogP contribution in [0, 0.1) is 28.5 Å². The van der Waals surface area contributed by atoms with E-state index in [0.717, 1.165) is 5.56 Å². The van der Waals surface area contributed by atoms with E-state index in [0.29, 0.717) is 50.6 Å². The van der Waals surface area contributed by atoms with Gasteiger partial charge in [-0.2, -0.15) is 10.5 Å². The lowest BCUT2D eigenvalue weighted by molar-refractivity contribution is 0.267. The Bertz CT molecular complexity index is 1480. The van der Waals surface area contributed by atoms with Crippen molar-refractivity contribution in [3.05, 3.63) is 87.4 Å². The highest BCUT2D eigenvalue weighted by Gasteiger charge is 2.15. The Balaban J connectivity index is 1.67. The Kier molecular flexibility index (Phi) is 6.91. The van der Waals surface area contributed by atoms with Crippen LogP contribution in [-0.2, 0) is 6.61 Å². The van der Waals surface area contributed by atoms with E-state index in [1.807, 2.05) is 19.1 Å². The molecule has 3 aromatic carbocycles. The van der Waals surface area contributed by atoms with E-state index in [1.54, 1.807) is 36.4 Å². The average Bonchev–Trinajstić information content (AvgIpc) is 3.25. The van der Waals surface area contributed by atoms with Crippen molar-refractivity contribution in [3.8, 4) is 23.6 Å². The summed E-state index contributed by atoms with van der Waals surface area (Å²) in [7, 11) is 0. The van der Waals surface area contributed by atoms with Gasteiger partial charge in [0, 0.05) is 5.56 Å². The minimum absolute atomic E-state index is 0.191. The predicted octanol–water partition coefficient (Wildman–Crippen LogP) is 6.38. The second-order valence-electron chi connectivity index (χ2n) is 7.24. The minimum atomic E-state index is -0.386. The first-order valence-electron chi connectivity index (χ1n) is 10.4. The first-order valence-corrected chi connectivity index (χ1v) is 11.2. The number of halogens is 2. The monoisotopic (exact) mass is 516 g/mol. The molecular weight excluding hydrogens is 499 g/mol. The van der Waals surface area contributed by atoms with Crippen LogP contribution in [0.2, 0.25) is 0 Å². The summed E-state index contributed by atoms with van der Waals surface area (Å²) in [5.74, 6) is 0.931. The number of nitrogens with one attached hydrogen (secondary N) is 1. The molecule has 0 saturated heterocycles. The fraction of sp³-hybridized carbons (Fsp3) is 0.115. The van der Waals surface area contributed by atoms with Crippen LogP contribution in [0.1, 0.15) is 29.4 Å². The molecule has 4 rings (SSSR count). The van der Waals surface area contributed by atoms with Gasteiger partial charge in [-0.1, -0.05) is 18.2 Å². The van der Waals surface area contributed by atoms with Crippen molar-refractivity contribution in [2.45, 2.75) is 13.5 Å². The fourth-order valence-corrected chi connectivity index (χ4v) is 3.98. The third-order valence-electron chi connectivity index (χ3n) is 4.97. The number of H-pyrrole nitrogens is 1. The molecule has 1 heterocycles. The summed E-state index contributed by atoms with van der Waals surface area (Å²) in [6, 6.07) is 19.3. The molecule has 0 atom stereocenters. The van der Waals surface area contributed by atoms with Crippen molar-refractivity contribution in [1.82, 2.24) is 9.97 Å². The zero-order valence-electron chi connectivity index (χ0n) is 18.1. The van der Waals surface area contributed by atoms with Crippen molar-refractivity contribution in [3.63, 3.8) is 0 Å². The second-order valence-corrected chi connectivity index (χ2v) is 8.09. The highest BCUT2D eigenvalue weighted by Crippen LogP contribution is 2.38. The quantitative estimate of drug-likeness (QED) is 0.287. The molecule has 0 aliphatic rings. The van der Waals surface area contributed by atoms with Crippen LogP contribution >= 0.6 is 15.9 Å². The van der Waals surface area contributed by atoms with Crippen LogP contribution in [0.25, 0.3) is 22.7 Å². The van der Waals surface area contributed by atoms with Gasteiger partial charge in [-0.15, -0.1) is 0 Å². The zero-order chi connectivity index (χ0) is 24.1. The molecule has 0 unspecified atom stereocenters. The maximum absolute atomic E-state index is 13.5. The number of fused-ring (bicyclic) bond motifs is 1. The summed E-state index contributed by atoms with van der Waals surface area (Å²) in [6.45, 7) is 2.46. The predicted molar refractivity (Wildman–Crippen MR) is 130 cm³/mol. The molecule has 0 fully saturated rings. The summed E-state index contributed by atoms with van der Waals surface area (Å²) in [5, 5.41) is 19.0. The van der Waals surface area contributed by atoms with Crippen LogP contribution in [0.15, 0.2) is 59.1 Å². The number of aromatic amines is 1. The molecule has 1 aromatic heterocycles. The van der Waals surface area contributed by atoms with Crippen molar-refractivity contribution in [2.24, 2.45) is 0 Å². The molecule has 0 aliphatic carbocycles. The molecule has 0 saturated carbocycles. The number of hydrogen-bond donors (Lipinski definition) is 1. The van der Waals surface area contributed by atoms with Gasteiger partial charge in [0.05, 0.1) is 39.3 Å². The summed E-state index contributed by atoms with van der Waals surface area (Å²) >= 11 is 3.53. The van der Waals surface area contributed by atoms with E-state index in [9.17, 15) is 14.9 Å². The molecule has 0 spiro atoms. The van der Waals surface area contributed by atoms with Crippen molar-refractivity contribution >= 4 is 38.6 Å². The largest absolute Gasteiger partial charge is 0.490 e. The standard InChI is InChI=1S/C26H18BrFN4O2/c1-2-33-24-11-16(9-19(14-30)26-31-22-8-7-20(28)12-23(22)32-26)10-21(27)25(24)34-15-18-6-4-3-5-17(18)13-29/h3-12H,2,15H2,1H3,(H,31,32)/b19-9-. The third kappa shape index (κ3) is 4.93. The molecule has 1 N–H and O–H groups in total. The normalized spacial score (nSPS) is 11.1. The summed E-state index contributed by atoms with van der Waals surface area (Å²) in [4.78, 5) is 7.38. The second kappa shape index (κ2) is 10.2. The number of imidazole rings is 1. The van der Waals surface area contributed by atoms with Gasteiger partial charge in [0.1, 0.15) is 24.3 Å². The first-order chi connectivity index (χ1) is 16.5. The molecule has 168 valence electrons. The lowest BCUT2D eigenvalue weighted by Crippen LogP contribution is -2.02. The Morgan fingerprint density at radius 1 is 1.15 bits per heavy atom. The molecule has 8 heteroatoms. The number of nitrogens with zero attached hydrogens (tertiary/aromatic N) is 3. The molecular formula is C26H18BrFN4O2. The van der Waals surface area contributed by atoms with Gasteiger partial charge in [-0.3, -0.25) is 0 Å². The summed E-state index contributed by atoms with van der Waals surface area (Å²) in [6.07, 6.45) is 1.66. The maximum atomic E-state index is 13.5. The van der Waals surface area contributed by atoms with Crippen molar-refractivity contribution in [2.75, 3.05) is 6.61 Å². The van der Waals surface area contributed by atoms with Crippen LogP contribution < -0.4 is 9.47 Å². The van der Waals surface area contributed by atoms with E-state index in [-0.39, 0.29) is 18.0 Å². The van der Waals surface area contributed by atoms with Gasteiger partial charge < -0.3 is 14.5 Å². The first kappa shape index (κ1) is 23.0. The molecule has 34 heavy (non-hydrogen) atoms. The SMILES string of the molecule is CCOc1cc(/C=C(/C#N)c2nc3ccc(F)cc3[nH]2)cc(Br)c1OCc1ccccc1C#N. The number of ether oxygens (including phenoxy) is 2. The Labute approximate surface area is 204 Å². The topological polar surface area (TPSA) is 94.7 Å². The van der Waals surface area contributed by atoms with E-state index in [4.69, 9.17) is 9.47 Å². The van der Waals surface area contributed by atoms with E-state index in [1.165, 1.54) is 12.1 Å². The van der Waals surface area contributed by atoms with Crippen LogP contribution in [0.5, 0.6) is 11.5 Å². The number of benzene rings is 3. The van der Waals surface area contributed by atoms with Crippen molar-refractivity contribution < 1.29 is 13.9 Å². The van der Waals surface area contributed by atoms with Crippen LogP contribution in [0.4, 0.5) is 4.39 Å². The van der Waals surface area contributed by atoms with E-state index in [2.05, 4.69) is 38.0 Å². The average molecular weight is 517 g/mol. The molecule has 6 nitrogen and oxygen atoms in total. The number of allylic oxidation sites excluding steroid dienone is 1. The summed E-state index contributed by atoms with van der Waals surface area (Å²) in [5.41, 5.74) is 3.34. The lowest BCUT2D eigenvalue weighted by Gasteiger charge is -2.15. The minimum Gasteiger partial charge on any atom is -0.490 e. The third-order valence-corrected chi connectivity index (χ3v) is 5.56. The number of rotatable bonds is 7. The maximum Gasteiger partial charge on any atom is 0.175 e. The Morgan fingerprint density at radius 2 is 1.97 bits per heavy atom. The fourth-order valence-electron chi connectivity index (χ4n) is 3.41. The van der Waals surface area contributed by atoms with Gasteiger partial charge >= 0.3 is 0 Å². The van der Waals surface area contributed by atoms with Crippen LogP contribution in [0.3, 0.4) is 0 Å². The molecule has 0 aliphatic heterocycles. The van der Waals surface area contributed by atoms with Crippen LogP contribution in [-0.4, -0.2) is 16.6 Å². The van der Waals surface area contributed by atoms with Gasteiger partial charge in [-0.05, 0) is 70.9 Å². The Morgan fingerprint density at radius 3 is 2.74 bits per heavy atom. The highest BCUT2D eigenvalue weighted by molar-refractivity contribution is 9.10.